The summed E-state index contributed by atoms with van der Waals surface area (Å²) in [5, 5.41) is 9.27. The number of methoxy groups -OCH3 is 2. The third kappa shape index (κ3) is 10.2. The van der Waals surface area contributed by atoms with Crippen molar-refractivity contribution >= 4 is 19.8 Å². The number of aliphatic carboxylic acids is 1. The quantitative estimate of drug-likeness (QED) is 0.0780. The molecule has 286 valence electrons. The number of carboxylic acids is 1. The van der Waals surface area contributed by atoms with Gasteiger partial charge in [0.1, 0.15) is 18.2 Å². The van der Waals surface area contributed by atoms with E-state index in [2.05, 4.69) is 26.8 Å². The van der Waals surface area contributed by atoms with Gasteiger partial charge >= 0.3 is 19.8 Å². The predicted molar refractivity (Wildman–Crippen MR) is 191 cm³/mol. The number of fused-ring (bicyclic) bond motifs is 5. The first-order valence-electron chi connectivity index (χ1n) is 17.7. The van der Waals surface area contributed by atoms with Crippen LogP contribution < -0.4 is 5.73 Å². The molecule has 0 heterocycles. The molecule has 4 rings (SSSR count). The SMILES string of the molecule is C.C.COCC(COP(=O)(O)OCC(N)C(=O)OC1CC[C@@]2(C)C(=CC[C@H]3[C@@H]4CC[C@H]([C@H](C)CCCC(C)C(=O)O)[C@@]4(C)CC[C@@H]32)C1)OC. The Balaban J connectivity index is 0.00000417. The fourth-order valence-electron chi connectivity index (χ4n) is 9.85. The van der Waals surface area contributed by atoms with Gasteiger partial charge in [-0.1, -0.05) is 67.0 Å². The fourth-order valence-corrected chi connectivity index (χ4v) is 10.6. The Kier molecular flexibility index (Phi) is 16.5. The predicted octanol–water partition coefficient (Wildman–Crippen LogP) is 7.40. The van der Waals surface area contributed by atoms with Crippen molar-refractivity contribution in [3.05, 3.63) is 11.6 Å². The van der Waals surface area contributed by atoms with Crippen LogP contribution in [0.4, 0.5) is 0 Å². The topological polar surface area (TPSA) is 164 Å². The molecule has 0 amide bonds. The highest BCUT2D eigenvalue weighted by Crippen LogP contribution is 2.67. The van der Waals surface area contributed by atoms with E-state index in [1.54, 1.807) is 0 Å². The number of phosphoric acid groups is 1. The van der Waals surface area contributed by atoms with Crippen LogP contribution in [0.2, 0.25) is 0 Å². The van der Waals surface area contributed by atoms with Crippen LogP contribution in [0, 0.1) is 46.3 Å². The Labute approximate surface area is 296 Å². The van der Waals surface area contributed by atoms with Gasteiger partial charge in [0, 0.05) is 20.6 Å². The second-order valence-corrected chi connectivity index (χ2v) is 16.9. The molecule has 4 N–H and O–H groups in total. The zero-order valence-corrected chi connectivity index (χ0v) is 30.3. The van der Waals surface area contributed by atoms with Crippen LogP contribution >= 0.6 is 7.82 Å². The Morgan fingerprint density at radius 1 is 1.00 bits per heavy atom. The van der Waals surface area contributed by atoms with Gasteiger partial charge in [0.15, 0.2) is 0 Å². The van der Waals surface area contributed by atoms with Crippen LogP contribution in [0.15, 0.2) is 11.6 Å². The van der Waals surface area contributed by atoms with Crippen LogP contribution in [-0.4, -0.2) is 74.2 Å². The maximum absolute atomic E-state index is 12.8. The first kappa shape index (κ1) is 43.8. The van der Waals surface area contributed by atoms with Crippen molar-refractivity contribution in [3.63, 3.8) is 0 Å². The molecule has 3 fully saturated rings. The first-order valence-corrected chi connectivity index (χ1v) is 19.2. The number of hydrogen-bond acceptors (Lipinski definition) is 9. The minimum atomic E-state index is -4.45. The molecule has 12 heteroatoms. The third-order valence-electron chi connectivity index (χ3n) is 12.6. The second kappa shape index (κ2) is 18.4. The van der Waals surface area contributed by atoms with Gasteiger partial charge in [-0.2, -0.15) is 0 Å². The van der Waals surface area contributed by atoms with Crippen LogP contribution in [0.3, 0.4) is 0 Å². The van der Waals surface area contributed by atoms with Crippen molar-refractivity contribution in [1.29, 1.82) is 0 Å². The zero-order chi connectivity index (χ0) is 34.6. The molecular formula is C37H68NO10P. The van der Waals surface area contributed by atoms with Gasteiger partial charge in [-0.15, -0.1) is 0 Å². The molecule has 4 aliphatic carbocycles. The van der Waals surface area contributed by atoms with E-state index in [4.69, 9.17) is 29.0 Å². The summed E-state index contributed by atoms with van der Waals surface area (Å²) in [6, 6.07) is -1.22. The highest BCUT2D eigenvalue weighted by molar-refractivity contribution is 7.47. The number of carbonyl (C=O) groups is 2. The van der Waals surface area contributed by atoms with Crippen LogP contribution in [-0.2, 0) is 37.4 Å². The monoisotopic (exact) mass is 717 g/mol. The number of esters is 1. The lowest BCUT2D eigenvalue weighted by Gasteiger charge is -2.58. The lowest BCUT2D eigenvalue weighted by atomic mass is 9.47. The summed E-state index contributed by atoms with van der Waals surface area (Å²) < 4.78 is 38.1. The van der Waals surface area contributed by atoms with Crippen LogP contribution in [0.1, 0.15) is 113 Å². The molecule has 11 nitrogen and oxygen atoms in total. The Hall–Kier alpha value is -1.33. The fraction of sp³-hybridized carbons (Fsp3) is 0.892. The van der Waals surface area contributed by atoms with Crippen LogP contribution in [0.25, 0.3) is 0 Å². The highest BCUT2D eigenvalue weighted by Gasteiger charge is 2.59. The summed E-state index contributed by atoms with van der Waals surface area (Å²) in [5.74, 6) is 1.68. The lowest BCUT2D eigenvalue weighted by Crippen LogP contribution is -2.51. The third-order valence-corrected chi connectivity index (χ3v) is 13.6. The average Bonchev–Trinajstić information content (AvgIpc) is 3.39. The van der Waals surface area contributed by atoms with E-state index in [9.17, 15) is 24.2 Å². The number of carbonyl (C=O) groups excluding carboxylic acids is 1. The van der Waals surface area contributed by atoms with Crippen molar-refractivity contribution in [2.24, 2.45) is 52.1 Å². The second-order valence-electron chi connectivity index (χ2n) is 15.4. The van der Waals surface area contributed by atoms with Crippen molar-refractivity contribution in [2.45, 2.75) is 131 Å². The number of rotatable bonds is 17. The van der Waals surface area contributed by atoms with E-state index in [0.29, 0.717) is 41.4 Å². The Morgan fingerprint density at radius 2 is 1.69 bits per heavy atom. The van der Waals surface area contributed by atoms with E-state index in [1.807, 2.05) is 6.92 Å². The zero-order valence-electron chi connectivity index (χ0n) is 29.4. The van der Waals surface area contributed by atoms with Gasteiger partial charge in [-0.05, 0) is 91.8 Å². The molecular weight excluding hydrogens is 649 g/mol. The van der Waals surface area contributed by atoms with Gasteiger partial charge in [-0.3, -0.25) is 18.6 Å². The normalized spacial score (nSPS) is 34.2. The maximum atomic E-state index is 12.8. The summed E-state index contributed by atoms with van der Waals surface area (Å²) in [6.07, 6.45) is 12.9. The van der Waals surface area contributed by atoms with Gasteiger partial charge < -0.3 is 29.9 Å². The van der Waals surface area contributed by atoms with Crippen LogP contribution in [0.5, 0.6) is 0 Å². The molecule has 0 aliphatic heterocycles. The smallest absolute Gasteiger partial charge is 0.472 e. The standard InChI is InChI=1S/C35H60NO10P.2CH4/c1-22(8-7-9-23(2)32(37)38)28-12-13-29-27-11-10-24-18-25(14-16-34(24,3)30(27)15-17-35(28,29)4)46-33(39)31(36)21-45-47(40,41)44-20-26(43-6)19-42-5;;/h10,22-23,25-31H,7-9,11-21,36H2,1-6H3,(H,37,38)(H,40,41);2*1H4/t22-,23?,25?,26?,27+,28-,29+,30+,31?,34+,35-;;/m1../s1. The minimum absolute atomic E-state index is 0. The van der Waals surface area contributed by atoms with E-state index >= 15 is 0 Å². The maximum Gasteiger partial charge on any atom is 0.472 e. The van der Waals surface area contributed by atoms with Crippen molar-refractivity contribution in [1.82, 2.24) is 0 Å². The molecule has 0 radical (unpaired) electrons. The summed E-state index contributed by atoms with van der Waals surface area (Å²) in [6.45, 7) is 8.64. The Morgan fingerprint density at radius 3 is 2.35 bits per heavy atom. The molecule has 0 aromatic carbocycles. The minimum Gasteiger partial charge on any atom is -0.481 e. The average molecular weight is 718 g/mol. The molecule has 4 aliphatic rings. The lowest BCUT2D eigenvalue weighted by molar-refractivity contribution is -0.154. The number of phosphoric ester groups is 1. The van der Waals surface area contributed by atoms with E-state index in [1.165, 1.54) is 45.5 Å². The Bertz CT molecular complexity index is 1170. The van der Waals surface area contributed by atoms with Crippen molar-refractivity contribution in [2.75, 3.05) is 34.0 Å². The number of carboxylic acid groups (broad SMARTS) is 1. The molecule has 3 saturated carbocycles. The molecule has 49 heavy (non-hydrogen) atoms. The largest absolute Gasteiger partial charge is 0.481 e. The first-order chi connectivity index (χ1) is 22.1. The molecule has 0 spiro atoms. The molecule has 0 aromatic heterocycles. The van der Waals surface area contributed by atoms with Gasteiger partial charge in [0.05, 0.1) is 25.7 Å². The number of nitrogens with two attached hydrogens (primary N) is 1. The number of allylic oxidation sites excluding steroid dienone is 1. The summed E-state index contributed by atoms with van der Waals surface area (Å²) in [7, 11) is -1.53. The molecule has 5 unspecified atom stereocenters. The van der Waals surface area contributed by atoms with E-state index in [-0.39, 0.29) is 45.5 Å². The van der Waals surface area contributed by atoms with Crippen molar-refractivity contribution < 1.29 is 47.4 Å². The summed E-state index contributed by atoms with van der Waals surface area (Å²) in [4.78, 5) is 34.1. The molecule has 0 bridgehead atoms. The molecule has 0 aromatic rings. The summed E-state index contributed by atoms with van der Waals surface area (Å²) >= 11 is 0. The highest BCUT2D eigenvalue weighted by atomic mass is 31.2. The van der Waals surface area contributed by atoms with Crippen molar-refractivity contribution in [3.8, 4) is 0 Å². The molecule has 12 atom stereocenters. The van der Waals surface area contributed by atoms with Gasteiger partial charge in [-0.25, -0.2) is 4.57 Å². The van der Waals surface area contributed by atoms with E-state index in [0.717, 1.165) is 38.5 Å². The van der Waals surface area contributed by atoms with Gasteiger partial charge in [0.2, 0.25) is 0 Å². The number of hydrogen-bond donors (Lipinski definition) is 3. The number of ether oxygens (including phenoxy) is 3. The van der Waals surface area contributed by atoms with Gasteiger partial charge in [0.25, 0.3) is 0 Å². The molecule has 0 saturated heterocycles. The van der Waals surface area contributed by atoms with E-state index < -0.39 is 38.5 Å². The summed E-state index contributed by atoms with van der Waals surface area (Å²) in [5.41, 5.74) is 7.82.